The van der Waals surface area contributed by atoms with Gasteiger partial charge in [-0.1, -0.05) is 26.0 Å². The van der Waals surface area contributed by atoms with Crippen LogP contribution >= 0.6 is 22.7 Å². The molecule has 0 aliphatic carbocycles. The Hall–Kier alpha value is -0.600. The zero-order valence-electron chi connectivity index (χ0n) is 7.28. The molecule has 0 aliphatic heterocycles. The first-order valence-corrected chi connectivity index (χ1v) is 5.80. The van der Waals surface area contributed by atoms with Gasteiger partial charge in [0.2, 0.25) is 0 Å². The molecule has 0 fully saturated rings. The van der Waals surface area contributed by atoms with Crippen molar-refractivity contribution in [3.63, 3.8) is 0 Å². The van der Waals surface area contributed by atoms with E-state index in [-0.39, 0.29) is 0 Å². The quantitative estimate of drug-likeness (QED) is 0.630. The summed E-state index contributed by atoms with van der Waals surface area (Å²) in [6.07, 6.45) is 0. The molecule has 0 bridgehead atoms. The van der Waals surface area contributed by atoms with Crippen LogP contribution in [0.3, 0.4) is 0 Å². The van der Waals surface area contributed by atoms with Crippen LogP contribution in [0.1, 0.15) is 13.8 Å². The van der Waals surface area contributed by atoms with Crippen LogP contribution in [-0.4, -0.2) is 0 Å². The molecule has 0 atom stereocenters. The Labute approximate surface area is 81.5 Å². The highest BCUT2D eigenvalue weighted by Gasteiger charge is 1.96. The van der Waals surface area contributed by atoms with Gasteiger partial charge in [0.1, 0.15) is 0 Å². The lowest BCUT2D eigenvalue weighted by atomic mass is 10.4. The van der Waals surface area contributed by atoms with Crippen molar-refractivity contribution in [2.45, 2.75) is 13.8 Å². The van der Waals surface area contributed by atoms with Crippen molar-refractivity contribution < 1.29 is 0 Å². The second-order valence-electron chi connectivity index (χ2n) is 1.95. The van der Waals surface area contributed by atoms with Crippen LogP contribution in [-0.2, 0) is 0 Å². The van der Waals surface area contributed by atoms with Crippen molar-refractivity contribution in [3.05, 3.63) is 35.0 Å². The van der Waals surface area contributed by atoms with Crippen LogP contribution < -0.4 is 0 Å². The van der Waals surface area contributed by atoms with E-state index in [1.807, 2.05) is 13.8 Å². The molecule has 0 radical (unpaired) electrons. The molecule has 2 rings (SSSR count). The van der Waals surface area contributed by atoms with Crippen molar-refractivity contribution in [1.82, 2.24) is 0 Å². The molecule has 0 aliphatic rings. The summed E-state index contributed by atoms with van der Waals surface area (Å²) >= 11 is 3.58. The lowest BCUT2D eigenvalue weighted by Crippen LogP contribution is -1.55. The van der Waals surface area contributed by atoms with Gasteiger partial charge >= 0.3 is 0 Å². The van der Waals surface area contributed by atoms with Crippen molar-refractivity contribution in [3.8, 4) is 9.75 Å². The first-order valence-electron chi connectivity index (χ1n) is 4.04. The Morgan fingerprint density at radius 3 is 1.50 bits per heavy atom. The fourth-order valence-corrected chi connectivity index (χ4v) is 2.42. The van der Waals surface area contributed by atoms with E-state index in [4.69, 9.17) is 0 Å². The van der Waals surface area contributed by atoms with Gasteiger partial charge in [-0.15, -0.1) is 22.7 Å². The molecule has 0 nitrogen and oxygen atoms in total. The third-order valence-electron chi connectivity index (χ3n) is 1.29. The van der Waals surface area contributed by atoms with E-state index in [9.17, 15) is 0 Å². The summed E-state index contributed by atoms with van der Waals surface area (Å²) in [6.45, 7) is 4.00. The Morgan fingerprint density at radius 2 is 1.25 bits per heavy atom. The summed E-state index contributed by atoms with van der Waals surface area (Å²) in [6, 6.07) is 8.46. The normalized spacial score (nSPS) is 8.83. The topological polar surface area (TPSA) is 0 Å². The van der Waals surface area contributed by atoms with Crippen molar-refractivity contribution in [2.24, 2.45) is 0 Å². The average molecular weight is 196 g/mol. The van der Waals surface area contributed by atoms with Gasteiger partial charge in [0.05, 0.1) is 0 Å². The molecular formula is C10H12S2. The summed E-state index contributed by atoms with van der Waals surface area (Å²) in [7, 11) is 0. The van der Waals surface area contributed by atoms with E-state index in [0.29, 0.717) is 0 Å². The second-order valence-corrected chi connectivity index (χ2v) is 3.85. The third-order valence-corrected chi connectivity index (χ3v) is 3.22. The molecule has 0 spiro atoms. The van der Waals surface area contributed by atoms with Crippen LogP contribution in [0.25, 0.3) is 9.75 Å². The van der Waals surface area contributed by atoms with Crippen LogP contribution in [0.4, 0.5) is 0 Å². The molecule has 0 N–H and O–H groups in total. The Morgan fingerprint density at radius 1 is 0.833 bits per heavy atom. The van der Waals surface area contributed by atoms with E-state index in [1.165, 1.54) is 9.75 Å². The number of hydrogen-bond donors (Lipinski definition) is 0. The fraction of sp³-hybridized carbons (Fsp3) is 0.200. The molecule has 0 saturated heterocycles. The maximum Gasteiger partial charge on any atom is 0.0442 e. The van der Waals surface area contributed by atoms with Gasteiger partial charge in [0.25, 0.3) is 0 Å². The molecule has 12 heavy (non-hydrogen) atoms. The number of thiophene rings is 2. The highest BCUT2D eigenvalue weighted by molar-refractivity contribution is 7.20. The number of hydrogen-bond acceptors (Lipinski definition) is 2. The fourth-order valence-electron chi connectivity index (χ4n) is 0.838. The van der Waals surface area contributed by atoms with Crippen molar-refractivity contribution >= 4 is 22.7 Å². The van der Waals surface area contributed by atoms with Gasteiger partial charge in [0.15, 0.2) is 0 Å². The monoisotopic (exact) mass is 196 g/mol. The van der Waals surface area contributed by atoms with Gasteiger partial charge in [-0.3, -0.25) is 0 Å². The highest BCUT2D eigenvalue weighted by atomic mass is 32.1. The summed E-state index contributed by atoms with van der Waals surface area (Å²) < 4.78 is 0. The van der Waals surface area contributed by atoms with E-state index in [2.05, 4.69) is 35.0 Å². The third kappa shape index (κ3) is 2.19. The molecule has 0 saturated carbocycles. The van der Waals surface area contributed by atoms with Gasteiger partial charge in [0, 0.05) is 9.75 Å². The lowest BCUT2D eigenvalue weighted by Gasteiger charge is -1.84. The second kappa shape index (κ2) is 5.12. The summed E-state index contributed by atoms with van der Waals surface area (Å²) in [5.41, 5.74) is 0. The predicted octanol–water partition coefficient (Wildman–Crippen LogP) is 4.50. The Balaban J connectivity index is 0.000000336. The summed E-state index contributed by atoms with van der Waals surface area (Å²) in [5.74, 6) is 0. The van der Waals surface area contributed by atoms with E-state index in [1.54, 1.807) is 22.7 Å². The molecule has 2 aromatic rings. The van der Waals surface area contributed by atoms with Crippen LogP contribution in [0, 0.1) is 0 Å². The maximum atomic E-state index is 2.15. The van der Waals surface area contributed by atoms with Crippen molar-refractivity contribution in [2.75, 3.05) is 0 Å². The van der Waals surface area contributed by atoms with Crippen LogP contribution in [0.5, 0.6) is 0 Å². The SMILES string of the molecule is CC.c1csc(-c2cccs2)c1. The minimum Gasteiger partial charge on any atom is -0.143 e. The van der Waals surface area contributed by atoms with E-state index < -0.39 is 0 Å². The molecular weight excluding hydrogens is 184 g/mol. The lowest BCUT2D eigenvalue weighted by molar-refractivity contribution is 1.50. The molecule has 0 aromatic carbocycles. The van der Waals surface area contributed by atoms with Gasteiger partial charge < -0.3 is 0 Å². The van der Waals surface area contributed by atoms with Gasteiger partial charge in [-0.2, -0.15) is 0 Å². The minimum atomic E-state index is 1.37. The molecule has 64 valence electrons. The van der Waals surface area contributed by atoms with E-state index in [0.717, 1.165) is 0 Å². The molecule has 2 aromatic heterocycles. The zero-order valence-corrected chi connectivity index (χ0v) is 8.91. The average Bonchev–Trinajstić information content (AvgIpc) is 2.80. The highest BCUT2D eigenvalue weighted by Crippen LogP contribution is 2.28. The van der Waals surface area contributed by atoms with Gasteiger partial charge in [-0.05, 0) is 22.9 Å². The minimum absolute atomic E-state index is 1.37. The first kappa shape index (κ1) is 9.49. The molecule has 2 heterocycles. The van der Waals surface area contributed by atoms with Crippen molar-refractivity contribution in [1.29, 1.82) is 0 Å². The Bertz CT molecular complexity index is 247. The molecule has 0 unspecified atom stereocenters. The standard InChI is InChI=1S/C8H6S2.C2H6/c1-3-7(9-5-1)8-4-2-6-10-8;1-2/h1-6H;1-2H3. The van der Waals surface area contributed by atoms with Gasteiger partial charge in [-0.25, -0.2) is 0 Å². The summed E-state index contributed by atoms with van der Waals surface area (Å²) in [4.78, 5) is 2.74. The zero-order chi connectivity index (χ0) is 8.81. The number of rotatable bonds is 1. The summed E-state index contributed by atoms with van der Waals surface area (Å²) in [5, 5.41) is 4.21. The van der Waals surface area contributed by atoms with Crippen LogP contribution in [0.2, 0.25) is 0 Å². The first-order chi connectivity index (χ1) is 5.97. The molecule has 2 heteroatoms. The van der Waals surface area contributed by atoms with Crippen LogP contribution in [0.15, 0.2) is 35.0 Å². The maximum absolute atomic E-state index is 2.15. The predicted molar refractivity (Wildman–Crippen MR) is 59.0 cm³/mol. The Kier molecular flexibility index (Phi) is 4.05. The molecule has 0 amide bonds. The van der Waals surface area contributed by atoms with E-state index >= 15 is 0 Å². The largest absolute Gasteiger partial charge is 0.143 e. The smallest absolute Gasteiger partial charge is 0.0442 e.